The summed E-state index contributed by atoms with van der Waals surface area (Å²) in [6.07, 6.45) is 1.44. The van der Waals surface area contributed by atoms with Crippen molar-refractivity contribution in [3.05, 3.63) is 90.2 Å². The van der Waals surface area contributed by atoms with E-state index in [1.807, 2.05) is 0 Å². The molecule has 0 saturated carbocycles. The summed E-state index contributed by atoms with van der Waals surface area (Å²) in [6.45, 7) is -0.0831. The van der Waals surface area contributed by atoms with Crippen molar-refractivity contribution in [2.45, 2.75) is 6.54 Å². The number of halogens is 3. The molecule has 0 aliphatic carbocycles. The highest BCUT2D eigenvalue weighted by Gasteiger charge is 2.35. The molecule has 1 fully saturated rings. The quantitative estimate of drug-likeness (QED) is 0.206. The highest BCUT2D eigenvalue weighted by Crippen LogP contribution is 2.36. The molecule has 0 atom stereocenters. The van der Waals surface area contributed by atoms with Crippen molar-refractivity contribution >= 4 is 62.2 Å². The fourth-order valence-electron chi connectivity index (χ4n) is 2.98. The Morgan fingerprint density at radius 3 is 2.66 bits per heavy atom. The van der Waals surface area contributed by atoms with Crippen LogP contribution in [0.1, 0.15) is 11.3 Å². The topological polar surface area (TPSA) is 93.7 Å². The van der Waals surface area contributed by atoms with Gasteiger partial charge in [-0.25, -0.2) is 4.39 Å². The zero-order valence-corrected chi connectivity index (χ0v) is 19.0. The molecule has 7 nitrogen and oxygen atoms in total. The number of amides is 2. The van der Waals surface area contributed by atoms with E-state index in [9.17, 15) is 24.1 Å². The van der Waals surface area contributed by atoms with E-state index in [0.29, 0.717) is 27.1 Å². The first-order chi connectivity index (χ1) is 15.2. The number of hydrogen-bond acceptors (Lipinski definition) is 6. The molecule has 0 radical (unpaired) electrons. The molecule has 2 heterocycles. The third-order valence-corrected chi connectivity index (χ3v) is 6.46. The van der Waals surface area contributed by atoms with E-state index in [1.165, 1.54) is 30.3 Å². The molecule has 1 aliphatic rings. The second-order valence-corrected chi connectivity index (χ2v) is 8.88. The van der Waals surface area contributed by atoms with Gasteiger partial charge in [-0.2, -0.15) is 0 Å². The number of non-ortho nitro benzene ring substituents is 1. The third-order valence-electron chi connectivity index (χ3n) is 4.55. The Balaban J connectivity index is 1.55. The first-order valence-electron chi connectivity index (χ1n) is 8.96. The van der Waals surface area contributed by atoms with Crippen molar-refractivity contribution in [2.75, 3.05) is 0 Å². The van der Waals surface area contributed by atoms with Gasteiger partial charge in [-0.3, -0.25) is 24.6 Å². The van der Waals surface area contributed by atoms with Crippen LogP contribution in [0.25, 0.3) is 17.4 Å². The molecular formula is C21H11BrClFN2O5S. The molecule has 3 aromatic rings. The van der Waals surface area contributed by atoms with E-state index in [0.717, 1.165) is 22.7 Å². The van der Waals surface area contributed by atoms with Crippen molar-refractivity contribution in [1.82, 2.24) is 4.90 Å². The van der Waals surface area contributed by atoms with Crippen molar-refractivity contribution in [3.8, 4) is 11.3 Å². The Kier molecular flexibility index (Phi) is 6.18. The Morgan fingerprint density at radius 2 is 1.97 bits per heavy atom. The summed E-state index contributed by atoms with van der Waals surface area (Å²) in [5.41, 5.74) is 0.969. The maximum Gasteiger partial charge on any atom is 0.293 e. The summed E-state index contributed by atoms with van der Waals surface area (Å²) in [6, 6.07) is 11.3. The van der Waals surface area contributed by atoms with Gasteiger partial charge in [-0.15, -0.1) is 0 Å². The molecule has 1 aliphatic heterocycles. The zero-order valence-electron chi connectivity index (χ0n) is 15.9. The lowest BCUT2D eigenvalue weighted by atomic mass is 10.1. The van der Waals surface area contributed by atoms with E-state index in [4.69, 9.17) is 16.0 Å². The van der Waals surface area contributed by atoms with Crippen LogP contribution in [-0.2, 0) is 11.3 Å². The average molecular weight is 538 g/mol. The molecule has 11 heteroatoms. The lowest BCUT2D eigenvalue weighted by molar-refractivity contribution is -0.384. The second-order valence-electron chi connectivity index (χ2n) is 6.63. The molecule has 162 valence electrons. The first kappa shape index (κ1) is 22.3. The van der Waals surface area contributed by atoms with Crippen molar-refractivity contribution < 1.29 is 23.3 Å². The molecule has 4 rings (SSSR count). The number of hydrogen-bond donors (Lipinski definition) is 0. The Bertz CT molecular complexity index is 1310. The number of furan rings is 1. The number of imide groups is 1. The lowest BCUT2D eigenvalue weighted by Gasteiger charge is -2.13. The Labute approximate surface area is 198 Å². The third kappa shape index (κ3) is 4.47. The maximum absolute atomic E-state index is 13.2. The van der Waals surface area contributed by atoms with Crippen LogP contribution in [0.4, 0.5) is 14.9 Å². The zero-order chi connectivity index (χ0) is 23.0. The summed E-state index contributed by atoms with van der Waals surface area (Å²) in [4.78, 5) is 36.6. The summed E-state index contributed by atoms with van der Waals surface area (Å²) in [5, 5.41) is 10.5. The van der Waals surface area contributed by atoms with Gasteiger partial charge in [0.1, 0.15) is 17.3 Å². The van der Waals surface area contributed by atoms with Crippen LogP contribution >= 0.6 is 39.3 Å². The van der Waals surface area contributed by atoms with Crippen LogP contribution in [0.2, 0.25) is 5.02 Å². The van der Waals surface area contributed by atoms with Crippen molar-refractivity contribution in [2.24, 2.45) is 0 Å². The number of nitrogens with zero attached hydrogens (tertiary/aromatic N) is 2. The number of nitro benzene ring substituents is 1. The number of nitro groups is 1. The number of thioether (sulfide) groups is 1. The maximum atomic E-state index is 13.2. The molecule has 0 spiro atoms. The average Bonchev–Trinajstić information content (AvgIpc) is 3.29. The second kappa shape index (κ2) is 8.89. The van der Waals surface area contributed by atoms with Crippen LogP contribution in [-0.4, -0.2) is 21.0 Å². The van der Waals surface area contributed by atoms with Gasteiger partial charge in [-0.05, 0) is 63.6 Å². The van der Waals surface area contributed by atoms with Gasteiger partial charge >= 0.3 is 0 Å². The van der Waals surface area contributed by atoms with E-state index in [1.54, 1.807) is 18.2 Å². The Hall–Kier alpha value is -2.95. The Morgan fingerprint density at radius 1 is 1.19 bits per heavy atom. The van der Waals surface area contributed by atoms with Gasteiger partial charge in [0, 0.05) is 33.3 Å². The van der Waals surface area contributed by atoms with E-state index in [2.05, 4.69) is 15.9 Å². The molecular weight excluding hydrogens is 527 g/mol. The normalized spacial score (nSPS) is 15.1. The minimum atomic E-state index is -0.519. The minimum absolute atomic E-state index is 0.0673. The smallest absolute Gasteiger partial charge is 0.293 e. The number of carbonyl (C=O) groups excluding carboxylic acids is 2. The van der Waals surface area contributed by atoms with E-state index < -0.39 is 21.9 Å². The van der Waals surface area contributed by atoms with Crippen molar-refractivity contribution in [3.63, 3.8) is 0 Å². The molecule has 0 bridgehead atoms. The van der Waals surface area contributed by atoms with Crippen LogP contribution in [0.5, 0.6) is 0 Å². The SMILES string of the molecule is O=C1S/C(=C\c2ccc(-c3ccc([N+](=O)[O-])cc3Br)o2)C(=O)N1Cc1ccc(F)cc1Cl. The predicted molar refractivity (Wildman–Crippen MR) is 121 cm³/mol. The largest absolute Gasteiger partial charge is 0.457 e. The first-order valence-corrected chi connectivity index (χ1v) is 10.9. The fourth-order valence-corrected chi connectivity index (χ4v) is 4.59. The molecule has 2 aromatic carbocycles. The molecule has 32 heavy (non-hydrogen) atoms. The predicted octanol–water partition coefficient (Wildman–Crippen LogP) is 6.65. The minimum Gasteiger partial charge on any atom is -0.457 e. The summed E-state index contributed by atoms with van der Waals surface area (Å²) in [7, 11) is 0. The number of carbonyl (C=O) groups is 2. The molecule has 0 unspecified atom stereocenters. The molecule has 0 N–H and O–H groups in total. The molecule has 1 saturated heterocycles. The van der Waals surface area contributed by atoms with Gasteiger partial charge in [0.2, 0.25) is 0 Å². The standard InChI is InChI=1S/C21H11BrClFN2O5S/c22-16-8-13(26(29)30)3-5-15(16)18-6-4-14(31-18)9-19-20(27)25(21(28)32-19)10-11-1-2-12(24)7-17(11)23/h1-9H,10H2/b19-9-. The highest BCUT2D eigenvalue weighted by atomic mass is 79.9. The van der Waals surface area contributed by atoms with Gasteiger partial charge in [0.15, 0.2) is 0 Å². The van der Waals surface area contributed by atoms with Gasteiger partial charge in [-0.1, -0.05) is 17.7 Å². The number of rotatable bonds is 5. The lowest BCUT2D eigenvalue weighted by Crippen LogP contribution is -2.27. The van der Waals surface area contributed by atoms with Crippen LogP contribution in [0.3, 0.4) is 0 Å². The fraction of sp³-hybridized carbons (Fsp3) is 0.0476. The summed E-state index contributed by atoms with van der Waals surface area (Å²) < 4.78 is 19.5. The van der Waals surface area contributed by atoms with E-state index >= 15 is 0 Å². The van der Waals surface area contributed by atoms with Gasteiger partial charge in [0.25, 0.3) is 16.8 Å². The highest BCUT2D eigenvalue weighted by molar-refractivity contribution is 9.10. The summed E-state index contributed by atoms with van der Waals surface area (Å²) in [5.74, 6) is -0.276. The molecule has 2 amide bonds. The van der Waals surface area contributed by atoms with Crippen LogP contribution in [0.15, 0.2) is 62.3 Å². The summed E-state index contributed by atoms with van der Waals surface area (Å²) >= 11 is 10.1. The molecule has 1 aromatic heterocycles. The van der Waals surface area contributed by atoms with Crippen LogP contribution in [0, 0.1) is 15.9 Å². The van der Waals surface area contributed by atoms with Gasteiger partial charge in [0.05, 0.1) is 16.4 Å². The van der Waals surface area contributed by atoms with Gasteiger partial charge < -0.3 is 4.42 Å². The van der Waals surface area contributed by atoms with E-state index in [-0.39, 0.29) is 22.2 Å². The van der Waals surface area contributed by atoms with Crippen LogP contribution < -0.4 is 0 Å². The number of benzene rings is 2. The monoisotopic (exact) mass is 536 g/mol. The van der Waals surface area contributed by atoms with Crippen molar-refractivity contribution in [1.29, 1.82) is 0 Å².